The molecular weight excluding hydrogens is 678 g/mol. The zero-order chi connectivity index (χ0) is 35.2. The second-order valence-corrected chi connectivity index (χ2v) is 13.6. The quantitative estimate of drug-likeness (QED) is 0.0337. The lowest BCUT2D eigenvalue weighted by Crippen LogP contribution is -2.76. The van der Waals surface area contributed by atoms with Crippen molar-refractivity contribution in [3.05, 3.63) is 35.5 Å². The summed E-state index contributed by atoms with van der Waals surface area (Å²) < 4.78 is 44.9. The summed E-state index contributed by atoms with van der Waals surface area (Å²) in [5.74, 6) is -3.63. The van der Waals surface area contributed by atoms with Crippen molar-refractivity contribution >= 4 is 67.2 Å². The number of rotatable bonds is 14. The fraction of sp³-hybridized carbons (Fsp3) is 0.423. The number of nitrogens with two attached hydrogens (primary N) is 2. The number of amides is 3. The topological polar surface area (TPSA) is 284 Å². The summed E-state index contributed by atoms with van der Waals surface area (Å²) in [4.78, 5) is 59.1. The highest BCUT2D eigenvalue weighted by molar-refractivity contribution is 7.80. The molecule has 22 heteroatoms. The predicted molar refractivity (Wildman–Crippen MR) is 164 cm³/mol. The third kappa shape index (κ3) is 6.73. The van der Waals surface area contributed by atoms with Crippen molar-refractivity contribution in [1.82, 2.24) is 25.4 Å². The molecule has 0 aliphatic carbocycles. The summed E-state index contributed by atoms with van der Waals surface area (Å²) in [7, 11) is -3.21. The lowest BCUT2D eigenvalue weighted by Gasteiger charge is -2.50. The third-order valence-corrected chi connectivity index (χ3v) is 9.00. The Morgan fingerprint density at radius 3 is 2.56 bits per heavy atom. The van der Waals surface area contributed by atoms with E-state index in [1.807, 2.05) is 22.6 Å². The number of β-lactam (4-membered cyclic amide) rings is 1. The second-order valence-electron chi connectivity index (χ2n) is 11.7. The fourth-order valence-electron chi connectivity index (χ4n) is 5.11. The fourth-order valence-corrected chi connectivity index (χ4v) is 6.12. The predicted octanol–water partition coefficient (Wildman–Crippen LogP) is -2.33. The summed E-state index contributed by atoms with van der Waals surface area (Å²) in [6.45, 7) is 3.44. The first-order valence-electron chi connectivity index (χ1n) is 14.0. The van der Waals surface area contributed by atoms with Gasteiger partial charge >= 0.3 is 16.4 Å². The van der Waals surface area contributed by atoms with Gasteiger partial charge in [-0.2, -0.15) is 18.2 Å². The van der Waals surface area contributed by atoms with Gasteiger partial charge in [-0.1, -0.05) is 5.16 Å². The summed E-state index contributed by atoms with van der Waals surface area (Å²) in [5.41, 5.74) is 9.35. The van der Waals surface area contributed by atoms with Crippen LogP contribution >= 0.6 is 11.3 Å². The number of hydroxylamine groups is 2. The van der Waals surface area contributed by atoms with Crippen LogP contribution in [0.4, 0.5) is 5.13 Å². The smallest absolute Gasteiger partial charge is 0.418 e. The molecule has 8 N–H and O–H groups in total. The Morgan fingerprint density at radius 1 is 1.31 bits per heavy atom. The number of fused-ring (bicyclic) bond motifs is 1. The molecule has 0 bridgehead atoms. The third-order valence-electron chi connectivity index (χ3n) is 7.98. The van der Waals surface area contributed by atoms with Gasteiger partial charge in [0.05, 0.1) is 18.0 Å². The molecule has 5 rings (SSSR count). The van der Waals surface area contributed by atoms with Crippen LogP contribution in [-0.4, -0.2) is 99.6 Å². The van der Waals surface area contributed by atoms with Crippen molar-refractivity contribution in [2.45, 2.75) is 38.1 Å². The van der Waals surface area contributed by atoms with Crippen LogP contribution in [0.3, 0.4) is 0 Å². The molecule has 1 unspecified atom stereocenters. The minimum Gasteiger partial charge on any atom is -0.489 e. The number of carbonyl (C=O) groups excluding carboxylic acids is 3. The van der Waals surface area contributed by atoms with Gasteiger partial charge in [-0.3, -0.25) is 18.9 Å². The number of anilines is 1. The number of nitrogens with zero attached hydrogens (tertiary/aromatic N) is 5. The van der Waals surface area contributed by atoms with Crippen LogP contribution in [-0.2, 0) is 52.3 Å². The molecule has 258 valence electrons. The number of oxime groups is 1. The van der Waals surface area contributed by atoms with Crippen LogP contribution < -0.4 is 31.5 Å². The van der Waals surface area contributed by atoms with Gasteiger partial charge in [-0.25, -0.2) is 9.78 Å². The largest absolute Gasteiger partial charge is 0.489 e. The first-order chi connectivity index (χ1) is 22.4. The molecule has 3 aromatic rings. The Labute approximate surface area is 276 Å². The molecule has 2 fully saturated rings. The number of primary amides is 1. The number of carboxylic acids is 1. The molecule has 2 atom stereocenters. The number of aromatic nitrogens is 3. The van der Waals surface area contributed by atoms with Gasteiger partial charge in [0.15, 0.2) is 17.4 Å². The van der Waals surface area contributed by atoms with E-state index in [2.05, 4.69) is 25.1 Å². The number of ether oxygens (including phenoxy) is 1. The van der Waals surface area contributed by atoms with Gasteiger partial charge in [0.25, 0.3) is 17.9 Å². The molecule has 2 saturated heterocycles. The van der Waals surface area contributed by atoms with Crippen molar-refractivity contribution in [3.63, 3.8) is 0 Å². The van der Waals surface area contributed by atoms with E-state index in [0.717, 1.165) is 22.2 Å². The van der Waals surface area contributed by atoms with E-state index >= 15 is 0 Å². The monoisotopic (exact) mass is 710 g/mol. The molecule has 2 aliphatic heterocycles. The van der Waals surface area contributed by atoms with E-state index in [1.54, 1.807) is 18.2 Å². The van der Waals surface area contributed by atoms with Crippen LogP contribution in [0.15, 0.2) is 34.9 Å². The van der Waals surface area contributed by atoms with E-state index < -0.39 is 69.5 Å². The van der Waals surface area contributed by atoms with E-state index in [-0.39, 0.29) is 10.8 Å². The number of nitrogen functional groups attached to an aromatic ring is 1. The Balaban J connectivity index is 1.30. The zero-order valence-corrected chi connectivity index (χ0v) is 27.3. The van der Waals surface area contributed by atoms with E-state index in [1.165, 1.54) is 19.2 Å². The van der Waals surface area contributed by atoms with Gasteiger partial charge in [0.1, 0.15) is 35.0 Å². The van der Waals surface area contributed by atoms with Crippen molar-refractivity contribution in [2.24, 2.45) is 23.4 Å². The number of hydrogen-bond acceptors (Lipinski definition) is 14. The average Bonchev–Trinajstić information content (AvgIpc) is 3.54. The molecule has 48 heavy (non-hydrogen) atoms. The Hall–Kier alpha value is -4.90. The number of hydrogen-bond donors (Lipinski definition) is 6. The lowest BCUT2D eigenvalue weighted by atomic mass is 9.81. The highest BCUT2D eigenvalue weighted by atomic mass is 32.3. The first kappa shape index (κ1) is 34.4. The first-order valence-corrected chi connectivity index (χ1v) is 16.3. The number of nitrogens with one attached hydrogen (secondary N) is 2. The Bertz CT molecular complexity index is 1940. The maximum atomic E-state index is 13.3. The van der Waals surface area contributed by atoms with E-state index in [4.69, 9.17) is 25.6 Å². The molecule has 2 aliphatic rings. The minimum absolute atomic E-state index is 0.0446. The summed E-state index contributed by atoms with van der Waals surface area (Å²) in [6.07, 6.45) is 0.0926. The Morgan fingerprint density at radius 2 is 2.02 bits per heavy atom. The van der Waals surface area contributed by atoms with Gasteiger partial charge in [0, 0.05) is 18.5 Å². The summed E-state index contributed by atoms with van der Waals surface area (Å²) in [6, 6.07) is 3.71. The number of aryl methyl sites for hydroxylation is 1. The SMILES string of the molecule is Cn1c2ccc(OCC(O/N=C(\C(=O)N[C@@H]3C(=O)N(OS(=O)(=O)O)C3(C)C)c3csc(N)n3)C(=O)O)cc2c[n+]1CC1(C(N)=O)CNC1. The molecule has 2 aromatic heterocycles. The van der Waals surface area contributed by atoms with Gasteiger partial charge in [0.2, 0.25) is 12.1 Å². The molecule has 0 spiro atoms. The normalized spacial score (nSPS) is 19.2. The number of carboxylic acid groups (broad SMARTS) is 1. The number of thiazole rings is 1. The molecule has 0 radical (unpaired) electrons. The van der Waals surface area contributed by atoms with Gasteiger partial charge < -0.3 is 36.8 Å². The van der Waals surface area contributed by atoms with Crippen LogP contribution in [0.5, 0.6) is 5.75 Å². The van der Waals surface area contributed by atoms with Gasteiger partial charge in [-0.05, 0) is 32.0 Å². The van der Waals surface area contributed by atoms with Crippen LogP contribution in [0, 0.1) is 5.41 Å². The molecule has 3 amide bonds. The van der Waals surface area contributed by atoms with Crippen molar-refractivity contribution in [3.8, 4) is 5.75 Å². The summed E-state index contributed by atoms with van der Waals surface area (Å²) >= 11 is 0.946. The number of aliphatic carboxylic acids is 1. The van der Waals surface area contributed by atoms with Crippen LogP contribution in [0.1, 0.15) is 19.5 Å². The van der Waals surface area contributed by atoms with Crippen LogP contribution in [0.2, 0.25) is 0 Å². The summed E-state index contributed by atoms with van der Waals surface area (Å²) in [5, 5.41) is 21.4. The standard InChI is InChI=1S/C26H31N9O11S2/c1-25(2)19(21(37)35(25)46-48(41,42)43)31-20(36)18(15-9-47-24(28)30-15)32-45-17(22(38)39)8-44-14-4-5-16-13(6-14)7-34(33(16)3)12-26(23(27)40)10-29-11-26/h4-7,9,17,19,29H,8,10-12H2,1-3H3,(H6-,27,28,30,31,36,38,39,40,41,42,43)/p+1/b32-18-/t17?,19-/m1/s1. The molecule has 20 nitrogen and oxygen atoms in total. The van der Waals surface area contributed by atoms with Crippen LogP contribution in [0.25, 0.3) is 10.9 Å². The molecular formula is C26H32N9O11S2+. The molecule has 0 saturated carbocycles. The van der Waals surface area contributed by atoms with Crippen molar-refractivity contribution in [2.75, 3.05) is 25.4 Å². The van der Waals surface area contributed by atoms with Gasteiger partial charge in [-0.15, -0.1) is 20.3 Å². The number of benzene rings is 1. The van der Waals surface area contributed by atoms with E-state index in [9.17, 15) is 32.7 Å². The van der Waals surface area contributed by atoms with E-state index in [0.29, 0.717) is 30.4 Å². The molecule has 4 heterocycles. The maximum Gasteiger partial charge on any atom is 0.418 e. The second kappa shape index (κ2) is 12.6. The zero-order valence-electron chi connectivity index (χ0n) is 25.6. The number of carbonyl (C=O) groups is 4. The molecule has 1 aromatic carbocycles. The minimum atomic E-state index is -5.03. The average molecular weight is 711 g/mol. The lowest BCUT2D eigenvalue weighted by molar-refractivity contribution is -0.780. The highest BCUT2D eigenvalue weighted by Gasteiger charge is 2.58. The maximum absolute atomic E-state index is 13.3. The van der Waals surface area contributed by atoms with Crippen molar-refractivity contribution < 1.29 is 55.8 Å². The Kier molecular flexibility index (Phi) is 9.05. The highest BCUT2D eigenvalue weighted by Crippen LogP contribution is 2.33. The van der Waals surface area contributed by atoms with Crippen molar-refractivity contribution in [1.29, 1.82) is 0 Å².